The van der Waals surface area contributed by atoms with Crippen molar-refractivity contribution < 1.29 is 13.3 Å². The molecule has 2 N–H and O–H groups in total. The molecule has 1 aromatic carbocycles. The summed E-state index contributed by atoms with van der Waals surface area (Å²) in [6.07, 6.45) is 0. The average Bonchev–Trinajstić information content (AvgIpc) is 2.29. The van der Waals surface area contributed by atoms with Gasteiger partial charge in [0.1, 0.15) is 0 Å². The highest BCUT2D eigenvalue weighted by atomic mass is 79.9. The Morgan fingerprint density at radius 2 is 1.90 bits per heavy atom. The van der Waals surface area contributed by atoms with Gasteiger partial charge in [0.2, 0.25) is 10.0 Å². The summed E-state index contributed by atoms with van der Waals surface area (Å²) in [4.78, 5) is 1.61. The Morgan fingerprint density at radius 1 is 1.30 bits per heavy atom. The second kappa shape index (κ2) is 6.56. The van der Waals surface area contributed by atoms with Gasteiger partial charge in [-0.15, -0.1) is 0 Å². The van der Waals surface area contributed by atoms with Crippen LogP contribution in [0.5, 0.6) is 0 Å². The van der Waals surface area contributed by atoms with Crippen molar-refractivity contribution in [2.45, 2.75) is 25.7 Å². The molecule has 1 aromatic rings. The van der Waals surface area contributed by atoms with E-state index in [9.17, 15) is 8.42 Å². The van der Waals surface area contributed by atoms with Crippen LogP contribution < -0.4 is 9.62 Å². The van der Waals surface area contributed by atoms with E-state index >= 15 is 0 Å². The van der Waals surface area contributed by atoms with E-state index in [1.807, 2.05) is 6.92 Å². The van der Waals surface area contributed by atoms with E-state index in [2.05, 4.69) is 48.6 Å². The number of halogens is 1. The summed E-state index contributed by atoms with van der Waals surface area (Å²) in [6.45, 7) is 7.33. The van der Waals surface area contributed by atoms with Gasteiger partial charge in [-0.25, -0.2) is 13.1 Å². The summed E-state index contributed by atoms with van der Waals surface area (Å²) < 4.78 is 28.2. The van der Waals surface area contributed by atoms with E-state index in [1.165, 1.54) is 4.90 Å². The molecule has 0 spiro atoms. The summed E-state index contributed by atoms with van der Waals surface area (Å²) >= 11 is 3.38. The van der Waals surface area contributed by atoms with Crippen LogP contribution in [0.4, 0.5) is 0 Å². The number of sulfonamides is 1. The molecule has 20 heavy (non-hydrogen) atoms. The van der Waals surface area contributed by atoms with E-state index in [1.54, 1.807) is 18.2 Å². The van der Waals surface area contributed by atoms with Gasteiger partial charge in [0, 0.05) is 16.4 Å². The largest absolute Gasteiger partial charge is 0.339 e. The third kappa shape index (κ3) is 5.16. The molecular weight excluding hydrogens is 340 g/mol. The zero-order chi connectivity index (χ0) is 15.6. The highest BCUT2D eigenvalue weighted by Crippen LogP contribution is 2.20. The van der Waals surface area contributed by atoms with Gasteiger partial charge in [-0.3, -0.25) is 0 Å². The predicted molar refractivity (Wildman–Crippen MR) is 85.5 cm³/mol. The van der Waals surface area contributed by atoms with Gasteiger partial charge >= 0.3 is 0 Å². The summed E-state index contributed by atoms with van der Waals surface area (Å²) in [5, 5.41) is 0. The van der Waals surface area contributed by atoms with Crippen molar-refractivity contribution in [3.05, 3.63) is 28.2 Å². The quantitative estimate of drug-likeness (QED) is 0.797. The van der Waals surface area contributed by atoms with Crippen molar-refractivity contribution in [1.82, 2.24) is 4.72 Å². The van der Waals surface area contributed by atoms with Crippen molar-refractivity contribution in [1.29, 1.82) is 0 Å². The molecule has 114 valence electrons. The van der Waals surface area contributed by atoms with E-state index < -0.39 is 10.0 Å². The molecule has 4 nitrogen and oxygen atoms in total. The molecule has 0 aliphatic rings. The minimum absolute atomic E-state index is 0.0870. The van der Waals surface area contributed by atoms with Gasteiger partial charge in [0.05, 0.1) is 25.5 Å². The predicted octanol–water partition coefficient (Wildman–Crippen LogP) is 1.21. The van der Waals surface area contributed by atoms with Gasteiger partial charge in [0.25, 0.3) is 0 Å². The molecule has 0 heterocycles. The first kappa shape index (κ1) is 17.6. The van der Waals surface area contributed by atoms with Crippen molar-refractivity contribution in [3.8, 4) is 0 Å². The van der Waals surface area contributed by atoms with Crippen molar-refractivity contribution in [3.63, 3.8) is 0 Å². The zero-order valence-electron chi connectivity index (χ0n) is 12.7. The first-order valence-electron chi connectivity index (χ1n) is 6.58. The fourth-order valence-corrected chi connectivity index (χ4v) is 3.75. The maximum absolute atomic E-state index is 12.3. The summed E-state index contributed by atoms with van der Waals surface area (Å²) in [7, 11) is 0.679. The van der Waals surface area contributed by atoms with Crippen LogP contribution >= 0.6 is 15.9 Å². The molecule has 0 radical (unpaired) electrons. The molecule has 1 rings (SSSR count). The highest BCUT2D eigenvalue weighted by molar-refractivity contribution is 9.10. The van der Waals surface area contributed by atoms with E-state index in [4.69, 9.17) is 0 Å². The standard InChI is InChI=1S/C14H23BrN2O2S/c1-11-8-12(6-7-13(11)15)20(18,19)16-9-14(2,3)10-17(4)5/h6-8,16H,9-10H2,1-5H3/p+1. The summed E-state index contributed by atoms with van der Waals surface area (Å²) in [6, 6.07) is 5.05. The molecular formula is C14H24BrN2O2S+. The maximum atomic E-state index is 12.3. The fourth-order valence-electron chi connectivity index (χ4n) is 2.18. The average molecular weight is 364 g/mol. The van der Waals surface area contributed by atoms with Crippen LogP contribution in [0.1, 0.15) is 19.4 Å². The fraction of sp³-hybridized carbons (Fsp3) is 0.571. The SMILES string of the molecule is Cc1cc(S(=O)(=O)NCC(C)(C)C[NH+](C)C)ccc1Br. The molecule has 0 fully saturated rings. The van der Waals surface area contributed by atoms with Crippen LogP contribution in [0.2, 0.25) is 0 Å². The first-order chi connectivity index (χ1) is 9.03. The Hall–Kier alpha value is -0.430. The molecule has 0 aliphatic carbocycles. The molecule has 0 aliphatic heterocycles. The Labute approximate surface area is 130 Å². The van der Waals surface area contributed by atoms with Crippen LogP contribution in [0.3, 0.4) is 0 Å². The smallest absolute Gasteiger partial charge is 0.240 e. The highest BCUT2D eigenvalue weighted by Gasteiger charge is 2.25. The second-order valence-corrected chi connectivity index (χ2v) is 8.90. The van der Waals surface area contributed by atoms with Crippen LogP contribution in [0.25, 0.3) is 0 Å². The van der Waals surface area contributed by atoms with Gasteiger partial charge in [-0.1, -0.05) is 29.8 Å². The van der Waals surface area contributed by atoms with E-state index in [-0.39, 0.29) is 5.41 Å². The number of aryl methyl sites for hydroxylation is 1. The number of nitrogens with one attached hydrogen (secondary N) is 2. The van der Waals surface area contributed by atoms with Crippen molar-refractivity contribution in [2.75, 3.05) is 27.2 Å². The number of hydrogen-bond acceptors (Lipinski definition) is 2. The molecule has 0 saturated carbocycles. The minimum Gasteiger partial charge on any atom is -0.339 e. The van der Waals surface area contributed by atoms with Gasteiger partial charge in [-0.05, 0) is 30.7 Å². The Kier molecular flexibility index (Phi) is 5.78. The number of rotatable bonds is 6. The second-order valence-electron chi connectivity index (χ2n) is 6.28. The topological polar surface area (TPSA) is 50.6 Å². The zero-order valence-corrected chi connectivity index (χ0v) is 15.2. The Morgan fingerprint density at radius 3 is 2.40 bits per heavy atom. The van der Waals surface area contributed by atoms with Crippen LogP contribution in [0, 0.1) is 12.3 Å². The third-order valence-corrected chi connectivity index (χ3v) is 5.30. The van der Waals surface area contributed by atoms with Gasteiger partial charge in [0.15, 0.2) is 0 Å². The molecule has 0 bridgehead atoms. The lowest BCUT2D eigenvalue weighted by atomic mass is 9.93. The molecule has 0 aromatic heterocycles. The van der Waals surface area contributed by atoms with Gasteiger partial charge in [-0.2, -0.15) is 0 Å². The molecule has 6 heteroatoms. The number of quaternary nitrogens is 1. The molecule has 0 amide bonds. The molecule has 0 atom stereocenters. The maximum Gasteiger partial charge on any atom is 0.240 e. The molecule has 0 unspecified atom stereocenters. The number of benzene rings is 1. The Bertz CT molecular complexity index is 569. The lowest BCUT2D eigenvalue weighted by Crippen LogP contribution is -3.07. The molecule has 0 saturated heterocycles. The van der Waals surface area contributed by atoms with E-state index in [0.29, 0.717) is 11.4 Å². The van der Waals surface area contributed by atoms with Crippen LogP contribution in [-0.2, 0) is 10.0 Å². The van der Waals surface area contributed by atoms with Gasteiger partial charge < -0.3 is 4.90 Å². The minimum atomic E-state index is -3.45. The van der Waals surface area contributed by atoms with E-state index in [0.717, 1.165) is 16.6 Å². The van der Waals surface area contributed by atoms with Crippen molar-refractivity contribution in [2.24, 2.45) is 5.41 Å². The summed E-state index contributed by atoms with van der Waals surface area (Å²) in [5.41, 5.74) is 0.820. The third-order valence-electron chi connectivity index (χ3n) is 3.01. The number of hydrogen-bond donors (Lipinski definition) is 2. The summed E-state index contributed by atoms with van der Waals surface area (Å²) in [5.74, 6) is 0. The van der Waals surface area contributed by atoms with Crippen LogP contribution in [0.15, 0.2) is 27.6 Å². The first-order valence-corrected chi connectivity index (χ1v) is 8.86. The normalized spacial score (nSPS) is 12.9. The lowest BCUT2D eigenvalue weighted by Gasteiger charge is -2.26. The van der Waals surface area contributed by atoms with Crippen molar-refractivity contribution >= 4 is 26.0 Å². The monoisotopic (exact) mass is 363 g/mol. The van der Waals surface area contributed by atoms with Crippen LogP contribution in [-0.4, -0.2) is 35.6 Å². The Balaban J connectivity index is 2.82. The lowest BCUT2D eigenvalue weighted by molar-refractivity contribution is -0.865.